The first kappa shape index (κ1) is 20.8. The highest BCUT2D eigenvalue weighted by molar-refractivity contribution is 6.42. The molecule has 3 rings (SSSR count). The van der Waals surface area contributed by atoms with Crippen molar-refractivity contribution < 1.29 is 14.4 Å². The second-order valence-electron chi connectivity index (χ2n) is 7.11. The highest BCUT2D eigenvalue weighted by atomic mass is 35.5. The van der Waals surface area contributed by atoms with E-state index in [1.807, 2.05) is 31.3 Å². The zero-order valence-corrected chi connectivity index (χ0v) is 17.8. The number of nitrogens with one attached hydrogen (secondary N) is 1. The summed E-state index contributed by atoms with van der Waals surface area (Å²) in [5.74, 6) is 1.00. The second kappa shape index (κ2) is 9.50. The molecule has 0 aliphatic carbocycles. The highest BCUT2D eigenvalue weighted by Crippen LogP contribution is 2.23. The summed E-state index contributed by atoms with van der Waals surface area (Å²) in [5, 5.41) is 1.04. The van der Waals surface area contributed by atoms with E-state index in [4.69, 9.17) is 27.9 Å². The Labute approximate surface area is 176 Å². The van der Waals surface area contributed by atoms with E-state index in [0.29, 0.717) is 23.1 Å². The van der Waals surface area contributed by atoms with Crippen LogP contribution in [0, 0.1) is 0 Å². The molecule has 1 aliphatic heterocycles. The molecule has 0 aromatic heterocycles. The highest BCUT2D eigenvalue weighted by Gasteiger charge is 2.24. The number of nitrogens with zero attached hydrogens (tertiary/aromatic N) is 2. The molecule has 1 N–H and O–H groups in total. The fourth-order valence-corrected chi connectivity index (χ4v) is 3.73. The van der Waals surface area contributed by atoms with Crippen molar-refractivity contribution in [3.8, 4) is 5.75 Å². The van der Waals surface area contributed by atoms with Gasteiger partial charge < -0.3 is 19.4 Å². The monoisotopic (exact) mass is 422 g/mol. The first-order valence-electron chi connectivity index (χ1n) is 9.36. The molecular formula is C21H26Cl2N3O2+. The molecule has 0 bridgehead atoms. The number of carbonyl (C=O) groups is 1. The van der Waals surface area contributed by atoms with E-state index in [-0.39, 0.29) is 5.91 Å². The normalized spacial score (nSPS) is 14.8. The third-order valence-electron chi connectivity index (χ3n) is 5.12. The lowest BCUT2D eigenvalue weighted by Crippen LogP contribution is -3.15. The van der Waals surface area contributed by atoms with Crippen LogP contribution in [-0.4, -0.2) is 57.7 Å². The van der Waals surface area contributed by atoms with Crippen LogP contribution >= 0.6 is 23.2 Å². The summed E-state index contributed by atoms with van der Waals surface area (Å²) in [5.41, 5.74) is 2.14. The lowest BCUT2D eigenvalue weighted by molar-refractivity contribution is -0.892. The summed E-state index contributed by atoms with van der Waals surface area (Å²) in [7, 11) is 3.51. The van der Waals surface area contributed by atoms with E-state index >= 15 is 0 Å². The van der Waals surface area contributed by atoms with Crippen LogP contribution in [0.3, 0.4) is 0 Å². The van der Waals surface area contributed by atoms with Gasteiger partial charge in [-0.05, 0) is 29.8 Å². The molecule has 1 heterocycles. The standard InChI is InChI=1S/C21H25Cl2N3O2/c1-24(14-16-6-7-19(22)20(23)12-16)21(27)15-25-8-10-26(11-9-25)17-4-3-5-18(13-17)28-2/h3-7,12-13H,8-11,14-15H2,1-2H3/p+1. The zero-order chi connectivity index (χ0) is 20.1. The van der Waals surface area contributed by atoms with Crippen LogP contribution in [0.2, 0.25) is 10.0 Å². The average Bonchev–Trinajstić information content (AvgIpc) is 2.71. The quantitative estimate of drug-likeness (QED) is 0.776. The number of hydrogen-bond acceptors (Lipinski definition) is 3. The third-order valence-corrected chi connectivity index (χ3v) is 5.86. The molecule has 0 saturated carbocycles. The van der Waals surface area contributed by atoms with Gasteiger partial charge in [-0.3, -0.25) is 4.79 Å². The van der Waals surface area contributed by atoms with Gasteiger partial charge in [-0.15, -0.1) is 0 Å². The minimum Gasteiger partial charge on any atom is -0.497 e. The molecule has 0 radical (unpaired) electrons. The molecule has 0 unspecified atom stereocenters. The van der Waals surface area contributed by atoms with Crippen LogP contribution in [-0.2, 0) is 11.3 Å². The Morgan fingerprint density at radius 1 is 1.14 bits per heavy atom. The van der Waals surface area contributed by atoms with E-state index in [2.05, 4.69) is 17.0 Å². The summed E-state index contributed by atoms with van der Waals surface area (Å²) >= 11 is 12.0. The minimum absolute atomic E-state index is 0.135. The van der Waals surface area contributed by atoms with E-state index in [1.165, 1.54) is 10.6 Å². The van der Waals surface area contributed by atoms with Crippen molar-refractivity contribution in [2.24, 2.45) is 0 Å². The van der Waals surface area contributed by atoms with Crippen LogP contribution < -0.4 is 14.5 Å². The van der Waals surface area contributed by atoms with Crippen molar-refractivity contribution in [1.82, 2.24) is 4.90 Å². The SMILES string of the molecule is COc1cccc(N2CC[NH+](CC(=O)N(C)Cc3ccc(Cl)c(Cl)c3)CC2)c1. The Morgan fingerprint density at radius 2 is 1.89 bits per heavy atom. The van der Waals surface area contributed by atoms with Crippen molar-refractivity contribution >= 4 is 34.8 Å². The van der Waals surface area contributed by atoms with Crippen molar-refractivity contribution in [3.63, 3.8) is 0 Å². The lowest BCUT2D eigenvalue weighted by Gasteiger charge is -2.34. The van der Waals surface area contributed by atoms with E-state index < -0.39 is 0 Å². The molecule has 2 aromatic carbocycles. The third kappa shape index (κ3) is 5.31. The number of carbonyl (C=O) groups excluding carboxylic acids is 1. The van der Waals surface area contributed by atoms with Crippen LogP contribution in [0.5, 0.6) is 5.75 Å². The summed E-state index contributed by atoms with van der Waals surface area (Å²) in [6, 6.07) is 13.6. The maximum Gasteiger partial charge on any atom is 0.277 e. The molecule has 7 heteroatoms. The fourth-order valence-electron chi connectivity index (χ4n) is 3.41. The number of likely N-dealkylation sites (N-methyl/N-ethyl adjacent to an activating group) is 1. The molecule has 1 amide bonds. The number of benzene rings is 2. The predicted octanol–water partition coefficient (Wildman–Crippen LogP) is 2.37. The maximum atomic E-state index is 12.6. The molecule has 5 nitrogen and oxygen atoms in total. The first-order chi connectivity index (χ1) is 13.5. The summed E-state index contributed by atoms with van der Waals surface area (Å²) in [6.45, 7) is 4.74. The number of halogens is 2. The van der Waals surface area contributed by atoms with Crippen molar-refractivity contribution in [1.29, 1.82) is 0 Å². The second-order valence-corrected chi connectivity index (χ2v) is 7.93. The summed E-state index contributed by atoms with van der Waals surface area (Å²) in [4.78, 5) is 18.0. The van der Waals surface area contributed by atoms with E-state index in [9.17, 15) is 4.79 Å². The van der Waals surface area contributed by atoms with Gasteiger partial charge in [0.15, 0.2) is 6.54 Å². The molecule has 28 heavy (non-hydrogen) atoms. The number of piperazine rings is 1. The number of methoxy groups -OCH3 is 1. The number of ether oxygens (including phenoxy) is 1. The van der Waals surface area contributed by atoms with Gasteiger partial charge in [0.1, 0.15) is 5.75 Å². The number of rotatable bonds is 6. The Balaban J connectivity index is 1.49. The average molecular weight is 423 g/mol. The van der Waals surface area contributed by atoms with E-state index in [0.717, 1.165) is 37.5 Å². The van der Waals surface area contributed by atoms with Crippen LogP contribution in [0.1, 0.15) is 5.56 Å². The number of quaternary nitrogens is 1. The van der Waals surface area contributed by atoms with Gasteiger partial charge >= 0.3 is 0 Å². The maximum absolute atomic E-state index is 12.6. The van der Waals surface area contributed by atoms with E-state index in [1.54, 1.807) is 18.1 Å². The molecule has 0 atom stereocenters. The number of hydrogen-bond donors (Lipinski definition) is 1. The van der Waals surface area contributed by atoms with Gasteiger partial charge in [-0.1, -0.05) is 35.3 Å². The van der Waals surface area contributed by atoms with Crippen molar-refractivity contribution in [3.05, 3.63) is 58.1 Å². The van der Waals surface area contributed by atoms with Crippen LogP contribution in [0.4, 0.5) is 5.69 Å². The zero-order valence-electron chi connectivity index (χ0n) is 16.3. The molecule has 0 spiro atoms. The van der Waals surface area contributed by atoms with Crippen LogP contribution in [0.25, 0.3) is 0 Å². The predicted molar refractivity (Wildman–Crippen MR) is 114 cm³/mol. The van der Waals surface area contributed by atoms with Gasteiger partial charge in [0.2, 0.25) is 0 Å². The first-order valence-corrected chi connectivity index (χ1v) is 10.1. The Hall–Kier alpha value is -1.95. The Kier molecular flexibility index (Phi) is 7.05. The topological polar surface area (TPSA) is 37.2 Å². The molecule has 150 valence electrons. The Bertz CT molecular complexity index is 823. The Morgan fingerprint density at radius 3 is 2.57 bits per heavy atom. The number of anilines is 1. The summed E-state index contributed by atoms with van der Waals surface area (Å²) < 4.78 is 5.31. The van der Waals surface area contributed by atoms with Gasteiger partial charge in [0.05, 0.1) is 43.3 Å². The smallest absolute Gasteiger partial charge is 0.277 e. The fraction of sp³-hybridized carbons (Fsp3) is 0.381. The molecule has 1 fully saturated rings. The molecule has 1 saturated heterocycles. The van der Waals surface area contributed by atoms with Crippen molar-refractivity contribution in [2.75, 3.05) is 51.8 Å². The van der Waals surface area contributed by atoms with Crippen molar-refractivity contribution in [2.45, 2.75) is 6.54 Å². The summed E-state index contributed by atoms with van der Waals surface area (Å²) in [6.07, 6.45) is 0. The van der Waals surface area contributed by atoms with Gasteiger partial charge in [-0.25, -0.2) is 0 Å². The molecule has 2 aromatic rings. The van der Waals surface area contributed by atoms with Crippen LogP contribution in [0.15, 0.2) is 42.5 Å². The largest absolute Gasteiger partial charge is 0.497 e. The molecular weight excluding hydrogens is 397 g/mol. The molecule has 1 aliphatic rings. The lowest BCUT2D eigenvalue weighted by atomic mass is 10.2. The van der Waals surface area contributed by atoms with Gasteiger partial charge in [0, 0.05) is 25.3 Å². The number of amides is 1. The van der Waals surface area contributed by atoms with Gasteiger partial charge in [0.25, 0.3) is 5.91 Å². The van der Waals surface area contributed by atoms with Gasteiger partial charge in [-0.2, -0.15) is 0 Å². The minimum atomic E-state index is 0.135.